The van der Waals surface area contributed by atoms with Crippen LogP contribution in [0.1, 0.15) is 40.7 Å². The summed E-state index contributed by atoms with van der Waals surface area (Å²) in [6, 6.07) is 28.3. The van der Waals surface area contributed by atoms with E-state index in [1.165, 1.54) is 5.56 Å². The van der Waals surface area contributed by atoms with Crippen molar-refractivity contribution in [1.82, 2.24) is 0 Å². The highest BCUT2D eigenvalue weighted by Crippen LogP contribution is 2.45. The molecule has 218 valence electrons. The predicted octanol–water partition coefficient (Wildman–Crippen LogP) is 6.48. The number of carbonyl (C=O) groups excluding carboxylic acids is 1. The Bertz CT molecular complexity index is 1700. The largest absolute Gasteiger partial charge is 0.490 e. The lowest BCUT2D eigenvalue weighted by Gasteiger charge is -2.27. The molecule has 0 aromatic heterocycles. The van der Waals surface area contributed by atoms with Gasteiger partial charge in [0.25, 0.3) is 0 Å². The molecule has 5 rings (SSSR count). The number of ether oxygens (including phenoxy) is 5. The minimum atomic E-state index is -0.572. The highest BCUT2D eigenvalue weighted by Gasteiger charge is 2.32. The third kappa shape index (κ3) is 6.91. The minimum Gasteiger partial charge on any atom is -0.490 e. The fourth-order valence-electron chi connectivity index (χ4n) is 4.79. The Morgan fingerprint density at radius 1 is 0.884 bits per heavy atom. The van der Waals surface area contributed by atoms with Crippen LogP contribution in [0.4, 0.5) is 0 Å². The maximum Gasteiger partial charge on any atom is 0.349 e. The molecule has 8 nitrogen and oxygen atoms in total. The molecule has 2 N–H and O–H groups in total. The van der Waals surface area contributed by atoms with Gasteiger partial charge in [0.05, 0.1) is 12.5 Å². The molecule has 1 atom stereocenters. The number of carbonyl (C=O) groups is 1. The number of nitrogens with zero attached hydrogens (tertiary/aromatic N) is 1. The van der Waals surface area contributed by atoms with Crippen molar-refractivity contribution in [3.05, 3.63) is 124 Å². The summed E-state index contributed by atoms with van der Waals surface area (Å²) in [6.45, 7) is 6.43. The lowest BCUT2D eigenvalue weighted by Crippen LogP contribution is -2.22. The number of allylic oxidation sites excluding steroid dienone is 1. The van der Waals surface area contributed by atoms with E-state index in [1.54, 1.807) is 24.3 Å². The van der Waals surface area contributed by atoms with Crippen molar-refractivity contribution in [3.8, 4) is 34.8 Å². The van der Waals surface area contributed by atoms with Gasteiger partial charge >= 0.3 is 5.97 Å². The maximum atomic E-state index is 12.5. The molecule has 0 aliphatic carbocycles. The van der Waals surface area contributed by atoms with Crippen molar-refractivity contribution < 1.29 is 28.5 Å². The molecule has 4 aromatic rings. The molecule has 0 bridgehead atoms. The second-order valence-electron chi connectivity index (χ2n) is 10.1. The first-order valence-electron chi connectivity index (χ1n) is 13.9. The Morgan fingerprint density at radius 3 is 2.44 bits per heavy atom. The molecule has 1 aliphatic rings. The summed E-state index contributed by atoms with van der Waals surface area (Å²) in [5.41, 5.74) is 11.2. The van der Waals surface area contributed by atoms with E-state index in [2.05, 4.69) is 6.07 Å². The van der Waals surface area contributed by atoms with Gasteiger partial charge < -0.3 is 29.4 Å². The number of esters is 1. The SMILES string of the molecule is CCOc1cc(C2C(C#N)=C(N)Oc3cc(OC(=O)COc4cccc(C)c4)ccc32)ccc1OCc1ccc(C)cc1. The maximum absolute atomic E-state index is 12.5. The van der Waals surface area contributed by atoms with E-state index in [0.717, 1.165) is 16.7 Å². The molecule has 0 fully saturated rings. The smallest absolute Gasteiger partial charge is 0.349 e. The van der Waals surface area contributed by atoms with Gasteiger partial charge in [-0.2, -0.15) is 5.26 Å². The Balaban J connectivity index is 1.37. The molecule has 43 heavy (non-hydrogen) atoms. The number of nitriles is 1. The van der Waals surface area contributed by atoms with Crippen molar-refractivity contribution >= 4 is 5.97 Å². The summed E-state index contributed by atoms with van der Waals surface area (Å²) < 4.78 is 28.9. The molecular formula is C35H32N2O6. The molecule has 8 heteroatoms. The summed E-state index contributed by atoms with van der Waals surface area (Å²) in [5.74, 6) is 1.23. The number of benzene rings is 4. The molecular weight excluding hydrogens is 544 g/mol. The van der Waals surface area contributed by atoms with Crippen molar-refractivity contribution in [1.29, 1.82) is 5.26 Å². The van der Waals surface area contributed by atoms with Crippen molar-refractivity contribution in [3.63, 3.8) is 0 Å². The fraction of sp³-hybridized carbons (Fsp3) is 0.200. The summed E-state index contributed by atoms with van der Waals surface area (Å²) in [6.07, 6.45) is 0. The quantitative estimate of drug-likeness (QED) is 0.169. The Morgan fingerprint density at radius 2 is 1.70 bits per heavy atom. The molecule has 1 heterocycles. The Labute approximate surface area is 250 Å². The van der Waals surface area contributed by atoms with Crippen LogP contribution >= 0.6 is 0 Å². The van der Waals surface area contributed by atoms with Crippen LogP contribution in [0.5, 0.6) is 28.7 Å². The standard InChI is InChI=1S/C35H32N2O6/c1-4-39-32-17-25(12-15-30(32)41-20-24-10-8-22(2)9-11-24)34-28-14-13-27(18-31(28)43-35(37)29(34)19-36)42-33(38)21-40-26-7-5-6-23(3)16-26/h5-18,34H,4,20-21,37H2,1-3H3. The topological polar surface area (TPSA) is 113 Å². The third-order valence-corrected chi connectivity index (χ3v) is 6.88. The number of hydrogen-bond acceptors (Lipinski definition) is 8. The number of rotatable bonds is 10. The summed E-state index contributed by atoms with van der Waals surface area (Å²) in [4.78, 5) is 12.5. The van der Waals surface area contributed by atoms with Gasteiger partial charge in [-0.1, -0.05) is 54.1 Å². The van der Waals surface area contributed by atoms with Crippen LogP contribution in [0.2, 0.25) is 0 Å². The zero-order valence-corrected chi connectivity index (χ0v) is 24.3. The molecule has 0 saturated heterocycles. The van der Waals surface area contributed by atoms with E-state index in [9.17, 15) is 10.1 Å². The normalized spacial score (nSPS) is 13.8. The van der Waals surface area contributed by atoms with Crippen molar-refractivity contribution in [2.45, 2.75) is 33.3 Å². The summed E-state index contributed by atoms with van der Waals surface area (Å²) in [7, 11) is 0. The van der Waals surface area contributed by atoms with Gasteiger partial charge in [-0.05, 0) is 67.8 Å². The average molecular weight is 577 g/mol. The minimum absolute atomic E-state index is 0.0242. The number of aryl methyl sites for hydroxylation is 2. The first kappa shape index (κ1) is 29.1. The van der Waals surface area contributed by atoms with Crippen molar-refractivity contribution in [2.24, 2.45) is 5.73 Å². The van der Waals surface area contributed by atoms with Gasteiger partial charge in [0.1, 0.15) is 35.5 Å². The molecule has 0 saturated carbocycles. The lowest BCUT2D eigenvalue weighted by atomic mass is 9.83. The Kier molecular flexibility index (Phi) is 8.82. The number of nitrogens with two attached hydrogens (primary N) is 1. The van der Waals surface area contributed by atoms with Crippen LogP contribution in [-0.4, -0.2) is 19.2 Å². The van der Waals surface area contributed by atoms with Crippen LogP contribution in [0.15, 0.2) is 96.4 Å². The molecule has 1 unspecified atom stereocenters. The van der Waals surface area contributed by atoms with E-state index in [4.69, 9.17) is 29.4 Å². The van der Waals surface area contributed by atoms with Crippen LogP contribution in [0.3, 0.4) is 0 Å². The number of fused-ring (bicyclic) bond motifs is 1. The first-order chi connectivity index (χ1) is 20.8. The average Bonchev–Trinajstić information content (AvgIpc) is 2.99. The van der Waals surface area contributed by atoms with E-state index in [-0.39, 0.29) is 23.8 Å². The Hall–Kier alpha value is -5.42. The number of hydrogen-bond donors (Lipinski definition) is 1. The van der Waals surface area contributed by atoms with Crippen LogP contribution in [-0.2, 0) is 11.4 Å². The highest BCUT2D eigenvalue weighted by molar-refractivity contribution is 5.74. The van der Waals surface area contributed by atoms with Crippen LogP contribution < -0.4 is 29.4 Å². The summed E-state index contributed by atoms with van der Waals surface area (Å²) >= 11 is 0. The second-order valence-corrected chi connectivity index (χ2v) is 10.1. The molecule has 0 amide bonds. The molecule has 4 aromatic carbocycles. The van der Waals surface area contributed by atoms with E-state index < -0.39 is 11.9 Å². The van der Waals surface area contributed by atoms with Gasteiger partial charge in [0, 0.05) is 11.6 Å². The van der Waals surface area contributed by atoms with Crippen LogP contribution in [0.25, 0.3) is 0 Å². The summed E-state index contributed by atoms with van der Waals surface area (Å²) in [5, 5.41) is 10.0. The first-order valence-corrected chi connectivity index (χ1v) is 13.9. The monoisotopic (exact) mass is 576 g/mol. The van der Waals surface area contributed by atoms with E-state index in [1.807, 2.05) is 81.4 Å². The van der Waals surface area contributed by atoms with Gasteiger partial charge in [-0.25, -0.2) is 4.79 Å². The molecule has 0 spiro atoms. The predicted molar refractivity (Wildman–Crippen MR) is 161 cm³/mol. The van der Waals surface area contributed by atoms with Gasteiger partial charge in [0.15, 0.2) is 18.1 Å². The fourth-order valence-corrected chi connectivity index (χ4v) is 4.79. The molecule has 1 aliphatic heterocycles. The van der Waals surface area contributed by atoms with Crippen molar-refractivity contribution in [2.75, 3.05) is 13.2 Å². The highest BCUT2D eigenvalue weighted by atomic mass is 16.6. The van der Waals surface area contributed by atoms with Gasteiger partial charge in [0.2, 0.25) is 5.88 Å². The lowest BCUT2D eigenvalue weighted by molar-refractivity contribution is -0.136. The third-order valence-electron chi connectivity index (χ3n) is 6.88. The second kappa shape index (κ2) is 13.0. The molecule has 0 radical (unpaired) electrons. The zero-order chi connectivity index (χ0) is 30.3. The zero-order valence-electron chi connectivity index (χ0n) is 24.3. The van der Waals surface area contributed by atoms with Crippen LogP contribution in [0, 0.1) is 25.2 Å². The van der Waals surface area contributed by atoms with Gasteiger partial charge in [-0.3, -0.25) is 0 Å². The van der Waals surface area contributed by atoms with E-state index >= 15 is 0 Å². The van der Waals surface area contributed by atoms with E-state index in [0.29, 0.717) is 41.8 Å². The van der Waals surface area contributed by atoms with Gasteiger partial charge in [-0.15, -0.1) is 0 Å².